The maximum Gasteiger partial charge on any atom is 0.335 e. The van der Waals surface area contributed by atoms with Gasteiger partial charge in [-0.1, -0.05) is 55.2 Å². The van der Waals surface area contributed by atoms with Crippen molar-refractivity contribution in [3.05, 3.63) is 74.9 Å². The van der Waals surface area contributed by atoms with Gasteiger partial charge in [0.2, 0.25) is 5.91 Å². The van der Waals surface area contributed by atoms with Gasteiger partial charge in [0.1, 0.15) is 0 Å². The molecule has 2 aliphatic rings. The smallest absolute Gasteiger partial charge is 0.335 e. The molecule has 7 heteroatoms. The van der Waals surface area contributed by atoms with Gasteiger partial charge in [-0.25, -0.2) is 4.79 Å². The van der Waals surface area contributed by atoms with Gasteiger partial charge >= 0.3 is 5.97 Å². The lowest BCUT2D eigenvalue weighted by atomic mass is 9.69. The number of hydrogen-bond acceptors (Lipinski definition) is 3. The number of aromatic carboxylic acids is 1. The Morgan fingerprint density at radius 2 is 1.81 bits per heavy atom. The minimum Gasteiger partial charge on any atom is -0.478 e. The van der Waals surface area contributed by atoms with E-state index < -0.39 is 11.9 Å². The van der Waals surface area contributed by atoms with E-state index in [1.54, 1.807) is 30.3 Å². The first-order valence-electron chi connectivity index (χ1n) is 9.95. The number of ketones is 1. The van der Waals surface area contributed by atoms with E-state index in [0.29, 0.717) is 45.4 Å². The van der Waals surface area contributed by atoms with Crippen LogP contribution in [0.15, 0.2) is 53.7 Å². The first kappa shape index (κ1) is 21.6. The molecule has 1 amide bonds. The number of Topliss-reactive ketones (excluding diaryl/α,β-unsaturated/α-hetero) is 1. The molecule has 0 saturated carbocycles. The molecule has 2 aromatic carbocycles. The van der Waals surface area contributed by atoms with Crippen LogP contribution in [0.3, 0.4) is 0 Å². The molecule has 1 unspecified atom stereocenters. The fraction of sp³-hybridized carbons (Fsp3) is 0.292. The molecule has 1 atom stereocenters. The molecule has 1 heterocycles. The van der Waals surface area contributed by atoms with Gasteiger partial charge in [0.25, 0.3) is 0 Å². The van der Waals surface area contributed by atoms with Crippen LogP contribution < -0.4 is 4.90 Å². The molecule has 4 rings (SSSR count). The number of benzene rings is 2. The highest BCUT2D eigenvalue weighted by molar-refractivity contribution is 6.42. The Hall–Kier alpha value is -2.63. The van der Waals surface area contributed by atoms with Gasteiger partial charge < -0.3 is 5.11 Å². The number of carboxylic acids is 1. The first-order chi connectivity index (χ1) is 14.6. The SMILES string of the molecule is CC1(C)CC(=O)C2=C(C1)N(c1cccc(C(=O)O)c1)C(=O)CC2c1cccc(Cl)c1Cl. The molecule has 2 aromatic rings. The summed E-state index contributed by atoms with van der Waals surface area (Å²) in [5.74, 6) is -1.81. The Morgan fingerprint density at radius 1 is 1.10 bits per heavy atom. The van der Waals surface area contributed by atoms with Crippen molar-refractivity contribution in [3.8, 4) is 0 Å². The number of carbonyl (C=O) groups is 3. The molecule has 160 valence electrons. The van der Waals surface area contributed by atoms with Gasteiger partial charge in [0.15, 0.2) is 5.78 Å². The normalized spacial score (nSPS) is 20.6. The standard InChI is InChI=1S/C24H21Cl2NO4/c1-24(2)11-18-21(19(28)12-24)16(15-7-4-8-17(25)22(15)26)10-20(29)27(18)14-6-3-5-13(9-14)23(30)31/h3-9,16H,10-12H2,1-2H3,(H,30,31). The molecule has 0 fully saturated rings. The van der Waals surface area contributed by atoms with Crippen molar-refractivity contribution >= 4 is 46.5 Å². The Balaban J connectivity index is 1.93. The Kier molecular flexibility index (Phi) is 5.44. The predicted octanol–water partition coefficient (Wildman–Crippen LogP) is 5.86. The summed E-state index contributed by atoms with van der Waals surface area (Å²) in [6, 6.07) is 11.4. The Bertz CT molecular complexity index is 1150. The van der Waals surface area contributed by atoms with E-state index in [4.69, 9.17) is 23.2 Å². The zero-order valence-electron chi connectivity index (χ0n) is 17.1. The zero-order chi connectivity index (χ0) is 22.5. The summed E-state index contributed by atoms with van der Waals surface area (Å²) in [4.78, 5) is 39.7. The van der Waals surface area contributed by atoms with Crippen LogP contribution in [0.25, 0.3) is 0 Å². The average molecular weight is 458 g/mol. The Morgan fingerprint density at radius 3 is 2.52 bits per heavy atom. The quantitative estimate of drug-likeness (QED) is 0.626. The predicted molar refractivity (Wildman–Crippen MR) is 120 cm³/mol. The summed E-state index contributed by atoms with van der Waals surface area (Å²) >= 11 is 12.7. The van der Waals surface area contributed by atoms with Crippen molar-refractivity contribution in [3.63, 3.8) is 0 Å². The lowest BCUT2D eigenvalue weighted by Crippen LogP contribution is -2.43. The monoisotopic (exact) mass is 457 g/mol. The van der Waals surface area contributed by atoms with E-state index in [-0.39, 0.29) is 29.1 Å². The van der Waals surface area contributed by atoms with Crippen LogP contribution in [0.1, 0.15) is 54.9 Å². The molecule has 1 N–H and O–H groups in total. The highest BCUT2D eigenvalue weighted by atomic mass is 35.5. The van der Waals surface area contributed by atoms with E-state index in [2.05, 4.69) is 0 Å². The third kappa shape index (κ3) is 3.88. The van der Waals surface area contributed by atoms with Gasteiger partial charge in [-0.05, 0) is 41.7 Å². The fourth-order valence-corrected chi connectivity index (χ4v) is 4.99. The highest BCUT2D eigenvalue weighted by Crippen LogP contribution is 2.49. The van der Waals surface area contributed by atoms with Crippen LogP contribution in [0.2, 0.25) is 10.0 Å². The summed E-state index contributed by atoms with van der Waals surface area (Å²) < 4.78 is 0. The lowest BCUT2D eigenvalue weighted by Gasteiger charge is -2.43. The lowest BCUT2D eigenvalue weighted by molar-refractivity contribution is -0.121. The van der Waals surface area contributed by atoms with Crippen molar-refractivity contribution < 1.29 is 19.5 Å². The van der Waals surface area contributed by atoms with Crippen LogP contribution >= 0.6 is 23.2 Å². The minimum atomic E-state index is -1.08. The number of allylic oxidation sites excluding steroid dienone is 2. The van der Waals surface area contributed by atoms with Gasteiger partial charge in [-0.2, -0.15) is 0 Å². The number of anilines is 1. The molecular formula is C24H21Cl2NO4. The number of carboxylic acid groups (broad SMARTS) is 1. The summed E-state index contributed by atoms with van der Waals surface area (Å²) in [5.41, 5.74) is 2.01. The fourth-order valence-electron chi connectivity index (χ4n) is 4.55. The van der Waals surface area contributed by atoms with E-state index in [9.17, 15) is 19.5 Å². The molecule has 5 nitrogen and oxygen atoms in total. The summed E-state index contributed by atoms with van der Waals surface area (Å²) in [7, 11) is 0. The van der Waals surface area contributed by atoms with Crippen LogP contribution in [0.4, 0.5) is 5.69 Å². The third-order valence-electron chi connectivity index (χ3n) is 5.85. The molecule has 31 heavy (non-hydrogen) atoms. The van der Waals surface area contributed by atoms with Crippen molar-refractivity contribution in [2.24, 2.45) is 5.41 Å². The number of halogens is 2. The van der Waals surface area contributed by atoms with Crippen molar-refractivity contribution in [1.29, 1.82) is 0 Å². The average Bonchev–Trinajstić information content (AvgIpc) is 2.68. The van der Waals surface area contributed by atoms with Crippen LogP contribution in [0, 0.1) is 5.41 Å². The number of nitrogens with zero attached hydrogens (tertiary/aromatic N) is 1. The van der Waals surface area contributed by atoms with Gasteiger partial charge in [0.05, 0.1) is 15.6 Å². The molecular weight excluding hydrogens is 437 g/mol. The van der Waals surface area contributed by atoms with Gasteiger partial charge in [-0.3, -0.25) is 14.5 Å². The van der Waals surface area contributed by atoms with E-state index in [1.807, 2.05) is 13.8 Å². The van der Waals surface area contributed by atoms with Crippen molar-refractivity contribution in [2.45, 2.75) is 39.0 Å². The summed E-state index contributed by atoms with van der Waals surface area (Å²) in [6.45, 7) is 3.97. The molecule has 0 spiro atoms. The zero-order valence-corrected chi connectivity index (χ0v) is 18.6. The van der Waals surface area contributed by atoms with Gasteiger partial charge in [-0.15, -0.1) is 0 Å². The third-order valence-corrected chi connectivity index (χ3v) is 6.68. The first-order valence-corrected chi connectivity index (χ1v) is 10.7. The van der Waals surface area contributed by atoms with Crippen molar-refractivity contribution in [1.82, 2.24) is 0 Å². The largest absolute Gasteiger partial charge is 0.478 e. The second kappa shape index (κ2) is 7.81. The number of hydrogen-bond donors (Lipinski definition) is 1. The minimum absolute atomic E-state index is 0.0285. The molecule has 1 aliphatic carbocycles. The molecule has 1 aliphatic heterocycles. The van der Waals surface area contributed by atoms with Crippen LogP contribution in [-0.4, -0.2) is 22.8 Å². The number of amides is 1. The van der Waals surface area contributed by atoms with E-state index in [1.165, 1.54) is 17.0 Å². The van der Waals surface area contributed by atoms with Crippen LogP contribution in [-0.2, 0) is 9.59 Å². The molecule has 0 bridgehead atoms. The molecule has 0 radical (unpaired) electrons. The summed E-state index contributed by atoms with van der Waals surface area (Å²) in [5, 5.41) is 10.1. The van der Waals surface area contributed by atoms with Crippen molar-refractivity contribution in [2.75, 3.05) is 4.90 Å². The topological polar surface area (TPSA) is 74.7 Å². The van der Waals surface area contributed by atoms with E-state index >= 15 is 0 Å². The molecule has 0 saturated heterocycles. The maximum absolute atomic E-state index is 13.4. The highest BCUT2D eigenvalue weighted by Gasteiger charge is 2.45. The number of rotatable bonds is 3. The number of carbonyl (C=O) groups excluding carboxylic acids is 2. The molecule has 0 aromatic heterocycles. The van der Waals surface area contributed by atoms with Gasteiger partial charge in [0, 0.05) is 35.7 Å². The van der Waals surface area contributed by atoms with Crippen LogP contribution in [0.5, 0.6) is 0 Å². The summed E-state index contributed by atoms with van der Waals surface area (Å²) in [6.07, 6.45) is 0.909. The Labute approximate surface area is 190 Å². The second-order valence-electron chi connectivity index (χ2n) is 8.79. The second-order valence-corrected chi connectivity index (χ2v) is 9.57. The maximum atomic E-state index is 13.4. The van der Waals surface area contributed by atoms with E-state index in [0.717, 1.165) is 0 Å².